The normalized spacial score (nSPS) is 11.5. The number of nitrogens with zero attached hydrogens (tertiary/aromatic N) is 2. The summed E-state index contributed by atoms with van der Waals surface area (Å²) in [6.45, 7) is -0.153. The zero-order valence-electron chi connectivity index (χ0n) is 14.7. The molecular weight excluding hydrogens is 415 g/mol. The molecule has 0 unspecified atom stereocenters. The van der Waals surface area contributed by atoms with E-state index < -0.39 is 23.6 Å². The number of thiazole rings is 1. The zero-order valence-corrected chi connectivity index (χ0v) is 16.3. The largest absolute Gasteiger partial charge is 0.465 e. The Bertz CT molecular complexity index is 1030. The second-order valence-corrected chi connectivity index (χ2v) is 7.63. The van der Waals surface area contributed by atoms with Crippen molar-refractivity contribution in [2.24, 2.45) is 0 Å². The van der Waals surface area contributed by atoms with Crippen molar-refractivity contribution in [3.8, 4) is 0 Å². The van der Waals surface area contributed by atoms with Gasteiger partial charge in [-0.15, -0.1) is 11.3 Å². The summed E-state index contributed by atoms with van der Waals surface area (Å²) in [5.74, 6) is -1.01. The molecule has 0 aliphatic carbocycles. The van der Waals surface area contributed by atoms with Crippen LogP contribution in [0.1, 0.15) is 15.9 Å². The van der Waals surface area contributed by atoms with Crippen LogP contribution in [0.3, 0.4) is 0 Å². The van der Waals surface area contributed by atoms with Crippen LogP contribution in [0.15, 0.2) is 29.6 Å². The molecule has 2 aromatic heterocycles. The monoisotopic (exact) mass is 429 g/mol. The van der Waals surface area contributed by atoms with Crippen molar-refractivity contribution < 1.29 is 27.5 Å². The van der Waals surface area contributed by atoms with Crippen LogP contribution < -0.4 is 10.2 Å². The number of anilines is 2. The van der Waals surface area contributed by atoms with Gasteiger partial charge in [0.2, 0.25) is 5.91 Å². The minimum Gasteiger partial charge on any atom is -0.465 e. The highest BCUT2D eigenvalue weighted by Gasteiger charge is 2.34. The van der Waals surface area contributed by atoms with Gasteiger partial charge in [0.1, 0.15) is 5.00 Å². The molecule has 0 radical (unpaired) electrons. The molecular formula is C17H14F3N3O3S2. The summed E-state index contributed by atoms with van der Waals surface area (Å²) in [6, 6.07) is 5.38. The van der Waals surface area contributed by atoms with Crippen molar-refractivity contribution in [2.75, 3.05) is 30.9 Å². The summed E-state index contributed by atoms with van der Waals surface area (Å²) >= 11 is 2.22. The van der Waals surface area contributed by atoms with E-state index >= 15 is 0 Å². The number of fused-ring (bicyclic) bond motifs is 1. The first-order valence-corrected chi connectivity index (χ1v) is 9.54. The number of amides is 1. The van der Waals surface area contributed by atoms with Gasteiger partial charge in [-0.25, -0.2) is 9.78 Å². The molecule has 1 amide bonds. The van der Waals surface area contributed by atoms with Gasteiger partial charge in [-0.1, -0.05) is 17.4 Å². The van der Waals surface area contributed by atoms with E-state index in [0.29, 0.717) is 9.70 Å². The molecule has 0 atom stereocenters. The van der Waals surface area contributed by atoms with Gasteiger partial charge in [0.15, 0.2) is 5.13 Å². The molecule has 0 aliphatic heterocycles. The number of thiophene rings is 1. The summed E-state index contributed by atoms with van der Waals surface area (Å²) < 4.78 is 44.4. The maximum absolute atomic E-state index is 13.1. The zero-order chi connectivity index (χ0) is 20.5. The average molecular weight is 429 g/mol. The smallest absolute Gasteiger partial charge is 0.418 e. The molecule has 0 saturated heterocycles. The summed E-state index contributed by atoms with van der Waals surface area (Å²) in [6.07, 6.45) is -4.51. The van der Waals surface area contributed by atoms with E-state index in [4.69, 9.17) is 0 Å². The number of methoxy groups -OCH3 is 1. The van der Waals surface area contributed by atoms with Gasteiger partial charge in [0, 0.05) is 7.05 Å². The Labute approximate surface area is 165 Å². The van der Waals surface area contributed by atoms with Gasteiger partial charge in [0.05, 0.1) is 35.0 Å². The third-order valence-electron chi connectivity index (χ3n) is 3.74. The molecule has 0 bridgehead atoms. The number of nitrogens with one attached hydrogen (secondary N) is 1. The summed E-state index contributed by atoms with van der Waals surface area (Å²) in [4.78, 5) is 29.5. The Morgan fingerprint density at radius 2 is 2.04 bits per heavy atom. The first kappa shape index (κ1) is 20.1. The van der Waals surface area contributed by atoms with E-state index in [1.54, 1.807) is 18.5 Å². The molecule has 6 nitrogen and oxygen atoms in total. The van der Waals surface area contributed by atoms with E-state index in [1.807, 2.05) is 0 Å². The standard InChI is InChI=1S/C17H14F3N3O3S2/c1-23(8-12(24)21-14-9(6-7-27-14)15(25)26-2)16-22-13-10(17(18,19)20)4-3-5-11(13)28-16/h3-7H,8H2,1-2H3,(H,21,24). The lowest BCUT2D eigenvalue weighted by Crippen LogP contribution is -2.30. The van der Waals surface area contributed by atoms with Crippen LogP contribution in [0.5, 0.6) is 0 Å². The maximum Gasteiger partial charge on any atom is 0.418 e. The molecule has 0 fully saturated rings. The topological polar surface area (TPSA) is 71.5 Å². The van der Waals surface area contributed by atoms with Crippen molar-refractivity contribution in [3.63, 3.8) is 0 Å². The number of rotatable bonds is 5. The fraction of sp³-hybridized carbons (Fsp3) is 0.235. The predicted molar refractivity (Wildman–Crippen MR) is 102 cm³/mol. The van der Waals surface area contributed by atoms with Crippen LogP contribution in [0.2, 0.25) is 0 Å². The van der Waals surface area contributed by atoms with Crippen molar-refractivity contribution in [3.05, 3.63) is 40.8 Å². The van der Waals surface area contributed by atoms with Crippen molar-refractivity contribution >= 4 is 54.9 Å². The Hall–Kier alpha value is -2.66. The van der Waals surface area contributed by atoms with Crippen molar-refractivity contribution in [1.29, 1.82) is 0 Å². The van der Waals surface area contributed by atoms with E-state index in [0.717, 1.165) is 28.7 Å². The Morgan fingerprint density at radius 3 is 2.71 bits per heavy atom. The number of likely N-dealkylation sites (N-methyl/N-ethyl adjacent to an activating group) is 1. The second kappa shape index (κ2) is 7.76. The Balaban J connectivity index is 1.76. The van der Waals surface area contributed by atoms with Crippen molar-refractivity contribution in [1.82, 2.24) is 4.98 Å². The molecule has 3 rings (SSSR count). The molecule has 0 aliphatic rings. The van der Waals surface area contributed by atoms with Gasteiger partial charge in [0.25, 0.3) is 0 Å². The quantitative estimate of drug-likeness (QED) is 0.615. The van der Waals surface area contributed by atoms with E-state index in [9.17, 15) is 22.8 Å². The van der Waals surface area contributed by atoms with Crippen LogP contribution in [-0.2, 0) is 15.7 Å². The number of alkyl halides is 3. The van der Waals surface area contributed by atoms with Crippen LogP contribution in [0, 0.1) is 0 Å². The number of hydrogen-bond acceptors (Lipinski definition) is 7. The van der Waals surface area contributed by atoms with Gasteiger partial charge in [-0.2, -0.15) is 13.2 Å². The van der Waals surface area contributed by atoms with Gasteiger partial charge in [-0.3, -0.25) is 4.79 Å². The highest BCUT2D eigenvalue weighted by Crippen LogP contribution is 2.38. The minimum absolute atomic E-state index is 0.145. The second-order valence-electron chi connectivity index (χ2n) is 5.71. The third kappa shape index (κ3) is 4.09. The number of benzene rings is 1. The molecule has 3 aromatic rings. The highest BCUT2D eigenvalue weighted by molar-refractivity contribution is 7.22. The molecule has 28 heavy (non-hydrogen) atoms. The number of hydrogen-bond donors (Lipinski definition) is 1. The van der Waals surface area contributed by atoms with Crippen LogP contribution in [-0.4, -0.2) is 37.6 Å². The number of aromatic nitrogens is 1. The van der Waals surface area contributed by atoms with E-state index in [-0.39, 0.29) is 22.8 Å². The Morgan fingerprint density at radius 1 is 1.29 bits per heavy atom. The Kier molecular flexibility index (Phi) is 5.57. The van der Waals surface area contributed by atoms with E-state index in [1.165, 1.54) is 24.1 Å². The lowest BCUT2D eigenvalue weighted by molar-refractivity contribution is -0.136. The fourth-order valence-electron chi connectivity index (χ4n) is 2.45. The molecule has 0 saturated carbocycles. The molecule has 11 heteroatoms. The maximum atomic E-state index is 13.1. The third-order valence-corrected chi connectivity index (χ3v) is 5.71. The number of para-hydroxylation sites is 1. The first-order valence-electron chi connectivity index (χ1n) is 7.84. The first-order chi connectivity index (χ1) is 13.2. The predicted octanol–water partition coefficient (Wildman–Crippen LogP) is 4.24. The fourth-order valence-corrected chi connectivity index (χ4v) is 4.20. The van der Waals surface area contributed by atoms with Crippen molar-refractivity contribution in [2.45, 2.75) is 6.18 Å². The molecule has 1 aromatic carbocycles. The average Bonchev–Trinajstić information content (AvgIpc) is 3.26. The summed E-state index contributed by atoms with van der Waals surface area (Å²) in [5.41, 5.74) is -0.724. The molecule has 0 spiro atoms. The van der Waals surface area contributed by atoms with Gasteiger partial charge >= 0.3 is 12.1 Å². The molecule has 148 valence electrons. The summed E-state index contributed by atoms with van der Waals surface area (Å²) in [7, 11) is 2.79. The molecule has 2 heterocycles. The van der Waals surface area contributed by atoms with Gasteiger partial charge in [-0.05, 0) is 23.6 Å². The summed E-state index contributed by atoms with van der Waals surface area (Å²) in [5, 5.41) is 4.87. The number of carbonyl (C=O) groups is 2. The van der Waals surface area contributed by atoms with E-state index in [2.05, 4.69) is 15.0 Å². The number of carbonyl (C=O) groups excluding carboxylic acids is 2. The lowest BCUT2D eigenvalue weighted by Gasteiger charge is -2.15. The number of halogens is 3. The molecule has 1 N–H and O–H groups in total. The minimum atomic E-state index is -4.51. The number of ether oxygens (including phenoxy) is 1. The van der Waals surface area contributed by atoms with Crippen LogP contribution >= 0.6 is 22.7 Å². The number of esters is 1. The SMILES string of the molecule is COC(=O)c1ccsc1NC(=O)CN(C)c1nc2c(C(F)(F)F)cccc2s1. The van der Waals surface area contributed by atoms with Crippen LogP contribution in [0.4, 0.5) is 23.3 Å². The van der Waals surface area contributed by atoms with Gasteiger partial charge < -0.3 is 15.0 Å². The van der Waals surface area contributed by atoms with Crippen LogP contribution in [0.25, 0.3) is 10.2 Å². The highest BCUT2D eigenvalue weighted by atomic mass is 32.1. The lowest BCUT2D eigenvalue weighted by atomic mass is 10.2.